The van der Waals surface area contributed by atoms with Crippen molar-refractivity contribution in [2.45, 2.75) is 13.5 Å². The minimum absolute atomic E-state index is 0.0542. The summed E-state index contributed by atoms with van der Waals surface area (Å²) in [6, 6.07) is 25.3. The molecule has 1 amide bonds. The van der Waals surface area contributed by atoms with E-state index in [0.29, 0.717) is 12.3 Å². The molecule has 3 aromatic carbocycles. The normalized spacial score (nSPS) is 10.6. The maximum absolute atomic E-state index is 12.3. The lowest BCUT2D eigenvalue weighted by Crippen LogP contribution is -2.29. The third-order valence-corrected chi connectivity index (χ3v) is 4.08. The van der Waals surface area contributed by atoms with Crippen LogP contribution in [0.5, 0.6) is 11.5 Å². The van der Waals surface area contributed by atoms with Gasteiger partial charge in [0.05, 0.1) is 6.54 Å². The molecule has 0 aliphatic rings. The van der Waals surface area contributed by atoms with Gasteiger partial charge in [0.1, 0.15) is 11.5 Å². The zero-order valence-electron chi connectivity index (χ0n) is 15.7. The summed E-state index contributed by atoms with van der Waals surface area (Å²) in [5, 5.41) is 2.93. The molecule has 0 heterocycles. The molecule has 27 heavy (non-hydrogen) atoms. The summed E-state index contributed by atoms with van der Waals surface area (Å²) >= 11 is 0. The van der Waals surface area contributed by atoms with E-state index in [1.54, 1.807) is 0 Å². The van der Waals surface area contributed by atoms with Crippen LogP contribution in [0.2, 0.25) is 0 Å². The number of amides is 1. The molecule has 0 aromatic heterocycles. The summed E-state index contributed by atoms with van der Waals surface area (Å²) in [5.41, 5.74) is 3.14. The number of hydrogen-bond donors (Lipinski definition) is 1. The average Bonchev–Trinajstić information content (AvgIpc) is 2.64. The number of ether oxygens (including phenoxy) is 1. The van der Waals surface area contributed by atoms with E-state index in [-0.39, 0.29) is 5.91 Å². The van der Waals surface area contributed by atoms with E-state index in [1.165, 1.54) is 11.1 Å². The van der Waals surface area contributed by atoms with Gasteiger partial charge in [-0.05, 0) is 43.8 Å². The van der Waals surface area contributed by atoms with Crippen LogP contribution >= 0.6 is 0 Å². The Kier molecular flexibility index (Phi) is 6.23. The minimum atomic E-state index is -0.0542. The molecule has 0 saturated carbocycles. The molecule has 1 N–H and O–H groups in total. The van der Waals surface area contributed by atoms with E-state index >= 15 is 0 Å². The standard InChI is InChI=1S/C23H24N2O2/c1-18-11-13-19(14-12-18)16-25(2)17-23(26)24-20-7-6-10-22(15-20)27-21-8-4-3-5-9-21/h3-15H,16-17H2,1-2H3,(H,24,26). The predicted octanol–water partition coefficient (Wildman–Crippen LogP) is 4.86. The summed E-state index contributed by atoms with van der Waals surface area (Å²) in [6.07, 6.45) is 0. The lowest BCUT2D eigenvalue weighted by atomic mass is 10.1. The monoisotopic (exact) mass is 360 g/mol. The molecule has 3 aromatic rings. The molecule has 0 aliphatic carbocycles. The van der Waals surface area contributed by atoms with Crippen LogP contribution in [0.15, 0.2) is 78.9 Å². The quantitative estimate of drug-likeness (QED) is 0.654. The number of para-hydroxylation sites is 1. The topological polar surface area (TPSA) is 41.6 Å². The smallest absolute Gasteiger partial charge is 0.238 e. The van der Waals surface area contributed by atoms with E-state index in [9.17, 15) is 4.79 Å². The number of nitrogens with one attached hydrogen (secondary N) is 1. The Morgan fingerprint density at radius 1 is 0.926 bits per heavy atom. The molecule has 0 atom stereocenters. The second-order valence-electron chi connectivity index (χ2n) is 6.65. The van der Waals surface area contributed by atoms with Crippen molar-refractivity contribution in [2.24, 2.45) is 0 Å². The summed E-state index contributed by atoms with van der Waals surface area (Å²) in [7, 11) is 1.94. The molecule has 138 valence electrons. The number of anilines is 1. The van der Waals surface area contributed by atoms with E-state index < -0.39 is 0 Å². The predicted molar refractivity (Wildman–Crippen MR) is 109 cm³/mol. The Bertz CT molecular complexity index is 876. The highest BCUT2D eigenvalue weighted by Crippen LogP contribution is 2.23. The van der Waals surface area contributed by atoms with Gasteiger partial charge in [-0.25, -0.2) is 0 Å². The SMILES string of the molecule is Cc1ccc(CN(C)CC(=O)Nc2cccc(Oc3ccccc3)c2)cc1. The molecule has 3 rings (SSSR count). The van der Waals surface area contributed by atoms with Gasteiger partial charge in [0.2, 0.25) is 5.91 Å². The van der Waals surface area contributed by atoms with E-state index in [4.69, 9.17) is 4.74 Å². The first-order valence-corrected chi connectivity index (χ1v) is 8.95. The highest BCUT2D eigenvalue weighted by atomic mass is 16.5. The highest BCUT2D eigenvalue weighted by Gasteiger charge is 2.08. The molecule has 0 unspecified atom stereocenters. The minimum Gasteiger partial charge on any atom is -0.457 e. The average molecular weight is 360 g/mol. The van der Waals surface area contributed by atoms with Gasteiger partial charge in [-0.3, -0.25) is 9.69 Å². The largest absolute Gasteiger partial charge is 0.457 e. The molecule has 0 bridgehead atoms. The van der Waals surface area contributed by atoms with Crippen LogP contribution in [0, 0.1) is 6.92 Å². The van der Waals surface area contributed by atoms with Gasteiger partial charge in [-0.15, -0.1) is 0 Å². The number of rotatable bonds is 7. The van der Waals surface area contributed by atoms with Crippen molar-refractivity contribution in [1.29, 1.82) is 0 Å². The molecule has 0 saturated heterocycles. The zero-order valence-corrected chi connectivity index (χ0v) is 15.7. The van der Waals surface area contributed by atoms with Gasteiger partial charge >= 0.3 is 0 Å². The second kappa shape index (κ2) is 9.01. The first kappa shape index (κ1) is 18.7. The number of benzene rings is 3. The van der Waals surface area contributed by atoms with E-state index in [0.717, 1.165) is 18.0 Å². The van der Waals surface area contributed by atoms with Crippen LogP contribution in [0.3, 0.4) is 0 Å². The zero-order chi connectivity index (χ0) is 19.1. The van der Waals surface area contributed by atoms with E-state index in [1.807, 2.05) is 66.5 Å². The van der Waals surface area contributed by atoms with Crippen molar-refractivity contribution < 1.29 is 9.53 Å². The van der Waals surface area contributed by atoms with Gasteiger partial charge in [0.25, 0.3) is 0 Å². The number of carbonyl (C=O) groups is 1. The molecule has 4 heteroatoms. The third-order valence-electron chi connectivity index (χ3n) is 4.08. The number of hydrogen-bond acceptors (Lipinski definition) is 3. The first-order chi connectivity index (χ1) is 13.1. The molecule has 4 nitrogen and oxygen atoms in total. The fraction of sp³-hybridized carbons (Fsp3) is 0.174. The van der Waals surface area contributed by atoms with Gasteiger partial charge in [-0.2, -0.15) is 0 Å². The molecular weight excluding hydrogens is 336 g/mol. The Hall–Kier alpha value is -3.11. The fourth-order valence-corrected chi connectivity index (χ4v) is 2.77. The Balaban J connectivity index is 1.54. The number of likely N-dealkylation sites (N-methyl/N-ethyl adjacent to an activating group) is 1. The third kappa shape index (κ3) is 5.97. The van der Waals surface area contributed by atoms with Crippen molar-refractivity contribution in [3.8, 4) is 11.5 Å². The number of carbonyl (C=O) groups excluding carboxylic acids is 1. The number of nitrogens with zero attached hydrogens (tertiary/aromatic N) is 1. The highest BCUT2D eigenvalue weighted by molar-refractivity contribution is 5.92. The molecule has 0 radical (unpaired) electrons. The van der Waals surface area contributed by atoms with Crippen LogP contribution in [-0.2, 0) is 11.3 Å². The second-order valence-corrected chi connectivity index (χ2v) is 6.65. The Morgan fingerprint density at radius 2 is 1.63 bits per heavy atom. The van der Waals surface area contributed by atoms with E-state index in [2.05, 4.69) is 36.5 Å². The van der Waals surface area contributed by atoms with Crippen LogP contribution in [0.4, 0.5) is 5.69 Å². The van der Waals surface area contributed by atoms with Crippen molar-refractivity contribution in [3.05, 3.63) is 90.0 Å². The number of aryl methyl sites for hydroxylation is 1. The van der Waals surface area contributed by atoms with Gasteiger partial charge < -0.3 is 10.1 Å². The van der Waals surface area contributed by atoms with Gasteiger partial charge in [0, 0.05) is 18.3 Å². The maximum atomic E-state index is 12.3. The summed E-state index contributed by atoms with van der Waals surface area (Å²) < 4.78 is 5.81. The van der Waals surface area contributed by atoms with Crippen LogP contribution in [0.1, 0.15) is 11.1 Å². The molecule has 0 fully saturated rings. The van der Waals surface area contributed by atoms with Crippen molar-refractivity contribution in [3.63, 3.8) is 0 Å². The van der Waals surface area contributed by atoms with Crippen molar-refractivity contribution in [2.75, 3.05) is 18.9 Å². The fourth-order valence-electron chi connectivity index (χ4n) is 2.77. The lowest BCUT2D eigenvalue weighted by molar-refractivity contribution is -0.117. The lowest BCUT2D eigenvalue weighted by Gasteiger charge is -2.16. The summed E-state index contributed by atoms with van der Waals surface area (Å²) in [5.74, 6) is 1.40. The van der Waals surface area contributed by atoms with Gasteiger partial charge in [-0.1, -0.05) is 54.1 Å². The molecule has 0 spiro atoms. The summed E-state index contributed by atoms with van der Waals surface area (Å²) in [6.45, 7) is 3.11. The van der Waals surface area contributed by atoms with Crippen LogP contribution in [0.25, 0.3) is 0 Å². The van der Waals surface area contributed by atoms with Gasteiger partial charge in [0.15, 0.2) is 0 Å². The molecular formula is C23H24N2O2. The Labute approximate surface area is 160 Å². The van der Waals surface area contributed by atoms with Crippen molar-refractivity contribution >= 4 is 11.6 Å². The first-order valence-electron chi connectivity index (χ1n) is 8.95. The summed E-state index contributed by atoms with van der Waals surface area (Å²) in [4.78, 5) is 14.3. The van der Waals surface area contributed by atoms with Crippen LogP contribution in [-0.4, -0.2) is 24.4 Å². The Morgan fingerprint density at radius 3 is 2.37 bits per heavy atom. The maximum Gasteiger partial charge on any atom is 0.238 e. The van der Waals surface area contributed by atoms with Crippen LogP contribution < -0.4 is 10.1 Å². The van der Waals surface area contributed by atoms with Crippen molar-refractivity contribution in [1.82, 2.24) is 4.90 Å². The molecule has 0 aliphatic heterocycles.